The number of rotatable bonds is 5. The molecule has 0 fully saturated rings. The normalized spacial score (nSPS) is 11.7. The van der Waals surface area contributed by atoms with Crippen LogP contribution in [-0.2, 0) is 4.79 Å². The van der Waals surface area contributed by atoms with Gasteiger partial charge in [-0.05, 0) is 12.1 Å². The molecule has 0 aliphatic rings. The molecule has 1 aromatic rings. The molecule has 0 aliphatic carbocycles. The minimum atomic E-state index is -0.617. The van der Waals surface area contributed by atoms with Crippen molar-refractivity contribution in [1.82, 2.24) is 10.3 Å². The van der Waals surface area contributed by atoms with E-state index in [-0.39, 0.29) is 17.5 Å². The standard InChI is InChI=1S/C12H19N5O2/c1-7(12(19)15-2)6-17(3)11-8(13)4-5-9(16-11)10(14)18/h4-5,7H,6,13H2,1-3H3,(H2,14,18)(H,15,19). The summed E-state index contributed by atoms with van der Waals surface area (Å²) in [5, 5.41) is 2.57. The van der Waals surface area contributed by atoms with E-state index < -0.39 is 5.91 Å². The molecule has 19 heavy (non-hydrogen) atoms. The van der Waals surface area contributed by atoms with Gasteiger partial charge in [-0.3, -0.25) is 9.59 Å². The number of anilines is 2. The van der Waals surface area contributed by atoms with E-state index in [9.17, 15) is 9.59 Å². The summed E-state index contributed by atoms with van der Waals surface area (Å²) in [6.07, 6.45) is 0. The zero-order chi connectivity index (χ0) is 14.6. The van der Waals surface area contributed by atoms with Gasteiger partial charge >= 0.3 is 0 Å². The van der Waals surface area contributed by atoms with Crippen molar-refractivity contribution in [2.45, 2.75) is 6.92 Å². The van der Waals surface area contributed by atoms with Crippen LogP contribution in [0.1, 0.15) is 17.4 Å². The Labute approximate surface area is 112 Å². The predicted octanol–water partition coefficient (Wildman–Crippen LogP) is -0.419. The lowest BCUT2D eigenvalue weighted by Gasteiger charge is -2.23. The van der Waals surface area contributed by atoms with Crippen molar-refractivity contribution in [2.75, 3.05) is 31.3 Å². The fourth-order valence-corrected chi connectivity index (χ4v) is 1.73. The van der Waals surface area contributed by atoms with Gasteiger partial charge < -0.3 is 21.7 Å². The Morgan fingerprint density at radius 1 is 1.47 bits per heavy atom. The van der Waals surface area contributed by atoms with Crippen molar-refractivity contribution >= 4 is 23.3 Å². The van der Waals surface area contributed by atoms with Crippen molar-refractivity contribution < 1.29 is 9.59 Å². The molecule has 0 bridgehead atoms. The molecule has 1 atom stereocenters. The molecule has 1 rings (SSSR count). The molecule has 5 N–H and O–H groups in total. The lowest BCUT2D eigenvalue weighted by atomic mass is 10.1. The molecule has 0 aliphatic heterocycles. The first-order valence-corrected chi connectivity index (χ1v) is 5.85. The van der Waals surface area contributed by atoms with E-state index in [2.05, 4.69) is 10.3 Å². The Bertz CT molecular complexity index is 489. The summed E-state index contributed by atoms with van der Waals surface area (Å²) >= 11 is 0. The first-order chi connectivity index (χ1) is 8.86. The third kappa shape index (κ3) is 3.57. The van der Waals surface area contributed by atoms with Crippen LogP contribution in [0, 0.1) is 5.92 Å². The van der Waals surface area contributed by atoms with Crippen molar-refractivity contribution in [2.24, 2.45) is 11.7 Å². The van der Waals surface area contributed by atoms with E-state index in [0.717, 1.165) is 0 Å². The summed E-state index contributed by atoms with van der Waals surface area (Å²) < 4.78 is 0. The maximum absolute atomic E-state index is 11.5. The second-order valence-corrected chi connectivity index (χ2v) is 4.37. The van der Waals surface area contributed by atoms with Gasteiger partial charge in [0, 0.05) is 20.6 Å². The predicted molar refractivity (Wildman–Crippen MR) is 73.7 cm³/mol. The number of nitrogens with two attached hydrogens (primary N) is 2. The summed E-state index contributed by atoms with van der Waals surface area (Å²) in [7, 11) is 3.34. The molecule has 0 spiro atoms. The van der Waals surface area contributed by atoms with Crippen LogP contribution in [0.4, 0.5) is 11.5 Å². The number of hydrogen-bond donors (Lipinski definition) is 3. The molecule has 7 nitrogen and oxygen atoms in total. The second kappa shape index (κ2) is 6.03. The van der Waals surface area contributed by atoms with Crippen LogP contribution in [0.25, 0.3) is 0 Å². The lowest BCUT2D eigenvalue weighted by Crippen LogP contribution is -2.35. The zero-order valence-electron chi connectivity index (χ0n) is 11.3. The van der Waals surface area contributed by atoms with E-state index in [4.69, 9.17) is 11.5 Å². The highest BCUT2D eigenvalue weighted by Gasteiger charge is 2.17. The number of nitrogens with one attached hydrogen (secondary N) is 1. The first-order valence-electron chi connectivity index (χ1n) is 5.85. The molecule has 0 saturated carbocycles. The van der Waals surface area contributed by atoms with Crippen molar-refractivity contribution in [1.29, 1.82) is 0 Å². The van der Waals surface area contributed by atoms with Crippen LogP contribution < -0.4 is 21.7 Å². The van der Waals surface area contributed by atoms with Gasteiger partial charge in [-0.2, -0.15) is 0 Å². The number of pyridine rings is 1. The average Bonchev–Trinajstić information content (AvgIpc) is 2.37. The third-order valence-corrected chi connectivity index (χ3v) is 2.76. The SMILES string of the molecule is CNC(=O)C(C)CN(C)c1nc(C(N)=O)ccc1N. The number of aromatic nitrogens is 1. The quantitative estimate of drug-likeness (QED) is 0.669. The molecular formula is C12H19N5O2. The molecule has 1 heterocycles. The molecule has 2 amide bonds. The number of primary amides is 1. The highest BCUT2D eigenvalue weighted by Crippen LogP contribution is 2.20. The fourth-order valence-electron chi connectivity index (χ4n) is 1.73. The molecule has 1 unspecified atom stereocenters. The monoisotopic (exact) mass is 265 g/mol. The summed E-state index contributed by atoms with van der Waals surface area (Å²) in [4.78, 5) is 28.4. The molecular weight excluding hydrogens is 246 g/mol. The number of hydrogen-bond acceptors (Lipinski definition) is 5. The van der Waals surface area contributed by atoms with Gasteiger partial charge in [0.25, 0.3) is 5.91 Å². The van der Waals surface area contributed by atoms with E-state index in [1.54, 1.807) is 32.0 Å². The Balaban J connectivity index is 2.92. The topological polar surface area (TPSA) is 114 Å². The van der Waals surface area contributed by atoms with Gasteiger partial charge in [0.1, 0.15) is 5.69 Å². The van der Waals surface area contributed by atoms with Crippen LogP contribution in [0.2, 0.25) is 0 Å². The molecule has 1 aromatic heterocycles. The van der Waals surface area contributed by atoms with Gasteiger partial charge in [-0.25, -0.2) is 4.98 Å². The van der Waals surface area contributed by atoms with Crippen molar-refractivity contribution in [3.63, 3.8) is 0 Å². The Morgan fingerprint density at radius 2 is 2.11 bits per heavy atom. The zero-order valence-corrected chi connectivity index (χ0v) is 11.3. The third-order valence-electron chi connectivity index (χ3n) is 2.76. The number of nitrogens with zero attached hydrogens (tertiary/aromatic N) is 2. The van der Waals surface area contributed by atoms with E-state index in [1.165, 1.54) is 6.07 Å². The van der Waals surface area contributed by atoms with Gasteiger partial charge in [0.2, 0.25) is 5.91 Å². The molecule has 104 valence electrons. The summed E-state index contributed by atoms with van der Waals surface area (Å²) in [5.74, 6) is -0.481. The highest BCUT2D eigenvalue weighted by atomic mass is 16.2. The van der Waals surface area contributed by atoms with Gasteiger partial charge in [-0.1, -0.05) is 6.92 Å². The molecule has 7 heteroatoms. The summed E-state index contributed by atoms with van der Waals surface area (Å²) in [6, 6.07) is 3.04. The van der Waals surface area contributed by atoms with Gasteiger partial charge in [0.15, 0.2) is 5.82 Å². The second-order valence-electron chi connectivity index (χ2n) is 4.37. The highest BCUT2D eigenvalue weighted by molar-refractivity contribution is 5.92. The summed E-state index contributed by atoms with van der Waals surface area (Å²) in [5.41, 5.74) is 11.6. The van der Waals surface area contributed by atoms with Crippen LogP contribution in [0.5, 0.6) is 0 Å². The smallest absolute Gasteiger partial charge is 0.267 e. The van der Waals surface area contributed by atoms with Crippen molar-refractivity contribution in [3.8, 4) is 0 Å². The first kappa shape index (κ1) is 14.7. The number of nitrogen functional groups attached to an aromatic ring is 1. The van der Waals surface area contributed by atoms with Crippen LogP contribution in [0.15, 0.2) is 12.1 Å². The molecule has 0 saturated heterocycles. The van der Waals surface area contributed by atoms with Crippen molar-refractivity contribution in [3.05, 3.63) is 17.8 Å². The fraction of sp³-hybridized carbons (Fsp3) is 0.417. The minimum absolute atomic E-state index is 0.0727. The summed E-state index contributed by atoms with van der Waals surface area (Å²) in [6.45, 7) is 2.22. The van der Waals surface area contributed by atoms with Gasteiger partial charge in [-0.15, -0.1) is 0 Å². The largest absolute Gasteiger partial charge is 0.396 e. The Hall–Kier alpha value is -2.31. The Morgan fingerprint density at radius 3 is 2.63 bits per heavy atom. The molecule has 0 radical (unpaired) electrons. The van der Waals surface area contributed by atoms with Crippen LogP contribution in [-0.4, -0.2) is 37.4 Å². The lowest BCUT2D eigenvalue weighted by molar-refractivity contribution is -0.123. The van der Waals surface area contributed by atoms with Crippen LogP contribution in [0.3, 0.4) is 0 Å². The number of carbonyl (C=O) groups is 2. The number of carbonyl (C=O) groups excluding carboxylic acids is 2. The number of amides is 2. The maximum atomic E-state index is 11.5. The Kier molecular flexibility index (Phi) is 4.68. The minimum Gasteiger partial charge on any atom is -0.396 e. The van der Waals surface area contributed by atoms with Crippen LogP contribution >= 0.6 is 0 Å². The van der Waals surface area contributed by atoms with E-state index >= 15 is 0 Å². The molecule has 0 aromatic carbocycles. The van der Waals surface area contributed by atoms with E-state index in [0.29, 0.717) is 18.1 Å². The van der Waals surface area contributed by atoms with Gasteiger partial charge in [0.05, 0.1) is 11.6 Å². The van der Waals surface area contributed by atoms with E-state index in [1.807, 2.05) is 0 Å². The average molecular weight is 265 g/mol. The maximum Gasteiger partial charge on any atom is 0.267 e.